The third-order valence-corrected chi connectivity index (χ3v) is 8.05. The Morgan fingerprint density at radius 2 is 1.29 bits per heavy atom. The van der Waals surface area contributed by atoms with E-state index in [0.29, 0.717) is 0 Å². The summed E-state index contributed by atoms with van der Waals surface area (Å²) < 4.78 is 10.0. The van der Waals surface area contributed by atoms with E-state index in [9.17, 15) is 24.3 Å². The highest BCUT2D eigenvalue weighted by Crippen LogP contribution is 2.18. The summed E-state index contributed by atoms with van der Waals surface area (Å²) in [4.78, 5) is 56.2. The number of nitrogens with zero attached hydrogens (tertiary/aromatic N) is 2. The molecular weight excluding hydrogens is 652 g/mol. The smallest absolute Gasteiger partial charge is 0.407 e. The van der Waals surface area contributed by atoms with Crippen LogP contribution in [0, 0.1) is 11.8 Å². The molecule has 3 rings (SSSR count). The van der Waals surface area contributed by atoms with Gasteiger partial charge in [0.15, 0.2) is 0 Å². The van der Waals surface area contributed by atoms with Crippen molar-refractivity contribution in [2.75, 3.05) is 19.8 Å². The van der Waals surface area contributed by atoms with Crippen LogP contribution in [0.4, 0.5) is 9.59 Å². The zero-order valence-corrected chi connectivity index (χ0v) is 30.3. The average molecular weight is 705 g/mol. The number of carbonyl (C=O) groups is 4. The van der Waals surface area contributed by atoms with Crippen molar-refractivity contribution in [2.45, 2.75) is 78.7 Å². The van der Waals surface area contributed by atoms with Crippen LogP contribution in [0.15, 0.2) is 79.0 Å². The van der Waals surface area contributed by atoms with Crippen LogP contribution < -0.4 is 21.4 Å². The minimum absolute atomic E-state index is 0.104. The van der Waals surface area contributed by atoms with E-state index in [4.69, 9.17) is 9.47 Å². The summed E-state index contributed by atoms with van der Waals surface area (Å²) in [6.07, 6.45) is -0.654. The van der Waals surface area contributed by atoms with Gasteiger partial charge in [0.2, 0.25) is 5.91 Å². The van der Waals surface area contributed by atoms with Crippen LogP contribution in [0.25, 0.3) is 11.3 Å². The molecule has 4 amide bonds. The van der Waals surface area contributed by atoms with Gasteiger partial charge < -0.3 is 30.5 Å². The van der Waals surface area contributed by atoms with Crippen LogP contribution >= 0.6 is 0 Å². The molecule has 3 aromatic rings. The van der Waals surface area contributed by atoms with E-state index >= 15 is 0 Å². The molecule has 1 aromatic heterocycles. The minimum atomic E-state index is -1.20. The van der Waals surface area contributed by atoms with E-state index in [1.54, 1.807) is 52.7 Å². The fourth-order valence-corrected chi connectivity index (χ4v) is 5.36. The Labute approximate surface area is 300 Å². The number of hydrogen-bond donors (Lipinski definition) is 5. The van der Waals surface area contributed by atoms with Gasteiger partial charge >= 0.3 is 12.2 Å². The Balaban J connectivity index is 1.91. The van der Waals surface area contributed by atoms with Crippen molar-refractivity contribution < 1.29 is 33.8 Å². The van der Waals surface area contributed by atoms with Gasteiger partial charge in [0.25, 0.3) is 5.91 Å². The maximum absolute atomic E-state index is 13.7. The quantitative estimate of drug-likeness (QED) is 0.122. The molecule has 0 radical (unpaired) electrons. The molecule has 0 bridgehead atoms. The van der Waals surface area contributed by atoms with Gasteiger partial charge in [0, 0.05) is 24.8 Å². The van der Waals surface area contributed by atoms with Gasteiger partial charge in [0.1, 0.15) is 12.1 Å². The summed E-state index contributed by atoms with van der Waals surface area (Å²) in [5, 5.41) is 21.6. The number of rotatable bonds is 18. The zero-order chi connectivity index (χ0) is 37.3. The molecule has 0 saturated heterocycles. The molecule has 4 atom stereocenters. The highest BCUT2D eigenvalue weighted by atomic mass is 16.6. The number of aliphatic hydroxyl groups is 1. The maximum Gasteiger partial charge on any atom is 0.407 e. The second kappa shape index (κ2) is 20.6. The largest absolute Gasteiger partial charge is 0.450 e. The molecule has 0 unspecified atom stereocenters. The number of ether oxygens (including phenoxy) is 2. The summed E-state index contributed by atoms with van der Waals surface area (Å²) in [5.74, 6) is -1.56. The van der Waals surface area contributed by atoms with Crippen molar-refractivity contribution in [1.29, 1.82) is 0 Å². The van der Waals surface area contributed by atoms with Crippen molar-refractivity contribution >= 4 is 24.0 Å². The number of hydrogen-bond acceptors (Lipinski definition) is 9. The molecule has 5 N–H and O–H groups in total. The fourth-order valence-electron chi connectivity index (χ4n) is 5.36. The lowest BCUT2D eigenvalue weighted by molar-refractivity contribution is -0.131. The van der Waals surface area contributed by atoms with Crippen molar-refractivity contribution in [1.82, 2.24) is 31.4 Å². The summed E-state index contributed by atoms with van der Waals surface area (Å²) in [6, 6.07) is 20.0. The molecule has 2 aromatic carbocycles. The van der Waals surface area contributed by atoms with Gasteiger partial charge in [-0.1, -0.05) is 88.4 Å². The molecule has 13 heteroatoms. The van der Waals surface area contributed by atoms with E-state index < -0.39 is 48.2 Å². The zero-order valence-electron chi connectivity index (χ0n) is 30.3. The van der Waals surface area contributed by atoms with Crippen LogP contribution in [0.3, 0.4) is 0 Å². The number of aliphatic hydroxyl groups excluding tert-OH is 1. The van der Waals surface area contributed by atoms with Crippen LogP contribution in [-0.4, -0.2) is 83.1 Å². The third kappa shape index (κ3) is 13.3. The molecule has 0 saturated carbocycles. The van der Waals surface area contributed by atoms with Gasteiger partial charge in [-0.25, -0.2) is 14.6 Å². The molecule has 0 fully saturated rings. The van der Waals surface area contributed by atoms with Crippen LogP contribution in [0.5, 0.6) is 0 Å². The molecule has 0 aliphatic rings. The second-order valence-corrected chi connectivity index (χ2v) is 12.8. The van der Waals surface area contributed by atoms with Gasteiger partial charge in [0.05, 0.1) is 31.1 Å². The first kappa shape index (κ1) is 40.4. The number of aromatic nitrogens is 1. The first-order chi connectivity index (χ1) is 24.4. The number of hydrazine groups is 1. The van der Waals surface area contributed by atoms with Crippen LogP contribution in [0.2, 0.25) is 0 Å². The summed E-state index contributed by atoms with van der Waals surface area (Å²) in [5.41, 5.74) is 6.30. The Hall–Kier alpha value is -5.01. The topological polar surface area (TPSA) is 171 Å². The molecule has 13 nitrogen and oxygen atoms in total. The number of amides is 4. The maximum atomic E-state index is 13.7. The predicted octanol–water partition coefficient (Wildman–Crippen LogP) is 4.21. The van der Waals surface area contributed by atoms with E-state index in [1.807, 2.05) is 72.8 Å². The van der Waals surface area contributed by atoms with E-state index in [0.717, 1.165) is 22.4 Å². The van der Waals surface area contributed by atoms with Crippen LogP contribution in [0.1, 0.15) is 52.7 Å². The predicted molar refractivity (Wildman–Crippen MR) is 194 cm³/mol. The normalized spacial score (nSPS) is 13.5. The SMILES string of the molecule is CCOC(=O)N[C@H](C(=O)N[C@@H](Cc1ccccc1)[C@@H](O)CN(Cc1ccc(-c2ccccn2)cc1)NC(=O)[C@@H](NC(=O)OCC)C(C)C)C(C)C. The van der Waals surface area contributed by atoms with Gasteiger partial charge in [-0.15, -0.1) is 0 Å². The Kier molecular flexibility index (Phi) is 16.3. The monoisotopic (exact) mass is 704 g/mol. The molecule has 51 heavy (non-hydrogen) atoms. The highest BCUT2D eigenvalue weighted by Gasteiger charge is 2.32. The van der Waals surface area contributed by atoms with Gasteiger partial charge in [-0.05, 0) is 55.4 Å². The lowest BCUT2D eigenvalue weighted by Gasteiger charge is -2.33. The van der Waals surface area contributed by atoms with Gasteiger partial charge in [-0.2, -0.15) is 0 Å². The minimum Gasteiger partial charge on any atom is -0.450 e. The number of pyridine rings is 1. The summed E-state index contributed by atoms with van der Waals surface area (Å²) >= 11 is 0. The average Bonchev–Trinajstić information content (AvgIpc) is 3.10. The molecule has 276 valence electrons. The van der Waals surface area contributed by atoms with E-state index in [2.05, 4.69) is 26.4 Å². The second-order valence-electron chi connectivity index (χ2n) is 12.8. The first-order valence-corrected chi connectivity index (χ1v) is 17.4. The summed E-state index contributed by atoms with van der Waals surface area (Å²) in [7, 11) is 0. The molecule has 0 aliphatic heterocycles. The molecule has 0 spiro atoms. The van der Waals surface area contributed by atoms with E-state index in [1.165, 1.54) is 0 Å². The highest BCUT2D eigenvalue weighted by molar-refractivity contribution is 5.86. The van der Waals surface area contributed by atoms with Crippen molar-refractivity contribution in [2.24, 2.45) is 11.8 Å². The van der Waals surface area contributed by atoms with Crippen molar-refractivity contribution in [3.05, 3.63) is 90.1 Å². The Morgan fingerprint density at radius 1 is 0.725 bits per heavy atom. The third-order valence-electron chi connectivity index (χ3n) is 8.05. The number of alkyl carbamates (subject to hydrolysis) is 2. The standard InChI is InChI=1S/C38H52N6O7/c1-7-50-37(48)41-33(25(3)4)35(46)40-31(22-27-14-10-9-11-15-27)32(45)24-44(43-36(47)34(26(5)6)42-38(49)51-8-2)23-28-17-19-29(20-18-28)30-16-12-13-21-39-30/h9-21,25-26,31-34,45H,7-8,22-24H2,1-6H3,(H,40,46)(H,41,48)(H,42,49)(H,43,47)/t31-,32-,33-,34-/m0/s1. The molecule has 1 heterocycles. The Morgan fingerprint density at radius 3 is 1.82 bits per heavy atom. The van der Waals surface area contributed by atoms with Crippen LogP contribution in [-0.2, 0) is 32.0 Å². The number of carbonyl (C=O) groups excluding carboxylic acids is 4. The molecule has 0 aliphatic carbocycles. The number of benzene rings is 2. The van der Waals surface area contributed by atoms with E-state index in [-0.39, 0.29) is 44.6 Å². The van der Waals surface area contributed by atoms with Gasteiger partial charge in [-0.3, -0.25) is 20.0 Å². The fraction of sp³-hybridized carbons (Fsp3) is 0.447. The lowest BCUT2D eigenvalue weighted by Crippen LogP contribution is -2.59. The van der Waals surface area contributed by atoms with Crippen molar-refractivity contribution in [3.8, 4) is 11.3 Å². The summed E-state index contributed by atoms with van der Waals surface area (Å²) in [6.45, 7) is 10.9. The lowest BCUT2D eigenvalue weighted by atomic mass is 9.98. The van der Waals surface area contributed by atoms with Crippen molar-refractivity contribution in [3.63, 3.8) is 0 Å². The molecular formula is C38H52N6O7. The first-order valence-electron chi connectivity index (χ1n) is 17.4. The number of nitrogens with one attached hydrogen (secondary N) is 4. The Bertz CT molecular complexity index is 1520.